The number of Topliss-reactive ketones (excluding diaryl/α,β-unsaturated/α-hetero) is 1. The second-order valence-electron chi connectivity index (χ2n) is 10.8. The van der Waals surface area contributed by atoms with E-state index in [4.69, 9.17) is 0 Å². The van der Waals surface area contributed by atoms with Crippen molar-refractivity contribution in [3.8, 4) is 0 Å². The van der Waals surface area contributed by atoms with Crippen molar-refractivity contribution in [1.82, 2.24) is 20.9 Å². The molecule has 0 aromatic heterocycles. The van der Waals surface area contributed by atoms with Crippen LogP contribution in [0.4, 0.5) is 13.2 Å². The van der Waals surface area contributed by atoms with E-state index in [2.05, 4.69) is 20.7 Å². The molecule has 1 unspecified atom stereocenters. The number of likely N-dealkylation sites (tertiary alicyclic amines) is 1. The lowest BCUT2D eigenvalue weighted by Crippen LogP contribution is -2.56. The number of amides is 4. The van der Waals surface area contributed by atoms with Crippen LogP contribution in [0.1, 0.15) is 64.2 Å². The molecule has 0 spiro atoms. The van der Waals surface area contributed by atoms with Gasteiger partial charge in [-0.2, -0.15) is 0 Å². The summed E-state index contributed by atoms with van der Waals surface area (Å²) in [6, 6.07) is -2.53. The third kappa shape index (κ3) is 6.83. The van der Waals surface area contributed by atoms with Gasteiger partial charge in [0.1, 0.15) is 12.6 Å². The van der Waals surface area contributed by atoms with Crippen LogP contribution >= 0.6 is 0 Å². The van der Waals surface area contributed by atoms with E-state index >= 15 is 0 Å². The van der Waals surface area contributed by atoms with Crippen LogP contribution < -0.4 is 16.0 Å². The molecule has 2 aliphatic heterocycles. The predicted molar refractivity (Wildman–Crippen MR) is 126 cm³/mol. The average molecular weight is 545 g/mol. The van der Waals surface area contributed by atoms with Crippen LogP contribution in [0.15, 0.2) is 0 Å². The molecular weight excluding hydrogens is 509 g/mol. The van der Waals surface area contributed by atoms with Crippen molar-refractivity contribution < 1.29 is 41.9 Å². The predicted octanol–water partition coefficient (Wildman–Crippen LogP) is 1.18. The second kappa shape index (κ2) is 12.0. The lowest BCUT2D eigenvalue weighted by molar-refractivity contribution is -0.321. The normalized spacial score (nSPS) is 28.5. The van der Waals surface area contributed by atoms with Gasteiger partial charge in [0.15, 0.2) is 5.78 Å². The van der Waals surface area contributed by atoms with E-state index in [1.165, 1.54) is 4.90 Å². The summed E-state index contributed by atoms with van der Waals surface area (Å²) < 4.78 is 41.4. The first-order valence-electron chi connectivity index (χ1n) is 13.5. The molecule has 2 aliphatic carbocycles. The fourth-order valence-electron chi connectivity index (χ4n) is 6.41. The molecule has 3 N–H and O–H groups in total. The summed E-state index contributed by atoms with van der Waals surface area (Å²) in [4.78, 5) is 65.5. The van der Waals surface area contributed by atoms with Crippen molar-refractivity contribution in [2.24, 2.45) is 17.8 Å². The fourth-order valence-corrected chi connectivity index (χ4v) is 6.41. The Morgan fingerprint density at radius 1 is 1.03 bits per heavy atom. The minimum Gasteiger partial charge on any atom is -0.356 e. The van der Waals surface area contributed by atoms with Gasteiger partial charge in [-0.05, 0) is 50.4 Å². The number of nitrogens with zero attached hydrogens (tertiary/aromatic N) is 1. The van der Waals surface area contributed by atoms with E-state index in [0.717, 1.165) is 44.9 Å². The molecule has 4 aliphatic rings. The van der Waals surface area contributed by atoms with Crippen LogP contribution in [0.3, 0.4) is 0 Å². The summed E-state index contributed by atoms with van der Waals surface area (Å²) in [6.07, 6.45) is 2.01. The standard InChI is InChI=1S/C25H35F3N4O6/c26-25(27,28)38-13-19(33)18(11-14-9-10-29-21(14)34)31-22(35)20-17-8-4-5-15(17)12-32(20)24(37)23(36)30-16-6-2-1-3-7-16/h14-18,20H,1-13H2,(H,29,34)(H,30,36)(H,31,35)/t14-,15-,17-,18?,20-/m0/s1. The first kappa shape index (κ1) is 28.3. The third-order valence-electron chi connectivity index (χ3n) is 8.32. The highest BCUT2D eigenvalue weighted by Gasteiger charge is 2.51. The summed E-state index contributed by atoms with van der Waals surface area (Å²) >= 11 is 0. The lowest BCUT2D eigenvalue weighted by Gasteiger charge is -2.30. The quantitative estimate of drug-likeness (QED) is 0.393. The van der Waals surface area contributed by atoms with Gasteiger partial charge < -0.3 is 20.9 Å². The van der Waals surface area contributed by atoms with E-state index in [1.54, 1.807) is 0 Å². The molecular formula is C25H35F3N4O6. The van der Waals surface area contributed by atoms with Crippen molar-refractivity contribution in [1.29, 1.82) is 0 Å². The topological polar surface area (TPSA) is 134 Å². The maximum atomic E-state index is 13.5. The zero-order valence-electron chi connectivity index (χ0n) is 21.2. The van der Waals surface area contributed by atoms with Crippen LogP contribution in [0.2, 0.25) is 0 Å². The maximum Gasteiger partial charge on any atom is 0.522 e. The van der Waals surface area contributed by atoms with Gasteiger partial charge >= 0.3 is 18.2 Å². The Labute approximate surface area is 218 Å². The highest BCUT2D eigenvalue weighted by atomic mass is 19.4. The molecule has 13 heteroatoms. The zero-order valence-corrected chi connectivity index (χ0v) is 21.2. The molecule has 2 saturated carbocycles. The molecule has 38 heavy (non-hydrogen) atoms. The van der Waals surface area contributed by atoms with Gasteiger partial charge in [0, 0.05) is 25.0 Å². The molecule has 2 saturated heterocycles. The molecule has 2 heterocycles. The monoisotopic (exact) mass is 544 g/mol. The van der Waals surface area contributed by atoms with Crippen LogP contribution in [-0.4, -0.2) is 78.5 Å². The van der Waals surface area contributed by atoms with Crippen molar-refractivity contribution in [2.75, 3.05) is 19.7 Å². The van der Waals surface area contributed by atoms with E-state index in [0.29, 0.717) is 19.4 Å². The smallest absolute Gasteiger partial charge is 0.356 e. The Hall–Kier alpha value is -2.70. The minimum absolute atomic E-state index is 0.0144. The minimum atomic E-state index is -5.04. The molecule has 10 nitrogen and oxygen atoms in total. The van der Waals surface area contributed by atoms with E-state index in [1.807, 2.05) is 0 Å². The number of carbonyl (C=O) groups is 5. The SMILES string of the molecule is O=C(NC1CCCCC1)C(=O)N1C[C@@H]2CCC[C@@H]2[C@H]1C(=O)NC(C[C@@H]1CCNC1=O)C(=O)COC(F)(F)F. The number of alkyl halides is 3. The first-order chi connectivity index (χ1) is 18.0. The Balaban J connectivity index is 1.47. The molecule has 4 rings (SSSR count). The molecule has 5 atom stereocenters. The summed E-state index contributed by atoms with van der Waals surface area (Å²) in [6.45, 7) is -0.728. The van der Waals surface area contributed by atoms with Crippen LogP contribution in [-0.2, 0) is 28.7 Å². The van der Waals surface area contributed by atoms with Gasteiger partial charge in [-0.25, -0.2) is 0 Å². The number of ether oxygens (including phenoxy) is 1. The highest BCUT2D eigenvalue weighted by molar-refractivity contribution is 6.35. The molecule has 4 amide bonds. The van der Waals surface area contributed by atoms with E-state index in [9.17, 15) is 37.1 Å². The number of nitrogens with one attached hydrogen (secondary N) is 3. The van der Waals surface area contributed by atoms with Crippen molar-refractivity contribution in [3.63, 3.8) is 0 Å². The van der Waals surface area contributed by atoms with Crippen LogP contribution in [0.25, 0.3) is 0 Å². The third-order valence-corrected chi connectivity index (χ3v) is 8.32. The molecule has 0 bridgehead atoms. The van der Waals surface area contributed by atoms with Gasteiger partial charge in [-0.15, -0.1) is 13.2 Å². The van der Waals surface area contributed by atoms with Crippen LogP contribution in [0.5, 0.6) is 0 Å². The number of fused-ring (bicyclic) bond motifs is 1. The number of halogens is 3. The number of hydrogen-bond donors (Lipinski definition) is 3. The number of carbonyl (C=O) groups excluding carboxylic acids is 5. The van der Waals surface area contributed by atoms with E-state index < -0.39 is 54.5 Å². The van der Waals surface area contributed by atoms with Crippen LogP contribution in [0, 0.1) is 17.8 Å². The lowest BCUT2D eigenvalue weighted by atomic mass is 9.92. The average Bonchev–Trinajstić information content (AvgIpc) is 3.58. The van der Waals surface area contributed by atoms with Gasteiger partial charge in [-0.3, -0.25) is 28.7 Å². The Morgan fingerprint density at radius 3 is 2.42 bits per heavy atom. The van der Waals surface area contributed by atoms with Gasteiger partial charge in [0.2, 0.25) is 11.8 Å². The van der Waals surface area contributed by atoms with Gasteiger partial charge in [0.25, 0.3) is 0 Å². The van der Waals surface area contributed by atoms with Crippen molar-refractivity contribution in [3.05, 3.63) is 0 Å². The molecule has 212 valence electrons. The largest absolute Gasteiger partial charge is 0.522 e. The molecule has 0 radical (unpaired) electrons. The van der Waals surface area contributed by atoms with Gasteiger partial charge in [0.05, 0.1) is 6.04 Å². The Kier molecular flexibility index (Phi) is 8.94. The number of rotatable bonds is 8. The Morgan fingerprint density at radius 2 is 1.76 bits per heavy atom. The number of ketones is 1. The number of hydrogen-bond acceptors (Lipinski definition) is 6. The fraction of sp³-hybridized carbons (Fsp3) is 0.800. The summed E-state index contributed by atoms with van der Waals surface area (Å²) in [5.41, 5.74) is 0. The molecule has 0 aromatic carbocycles. The van der Waals surface area contributed by atoms with Gasteiger partial charge in [-0.1, -0.05) is 25.7 Å². The highest BCUT2D eigenvalue weighted by Crippen LogP contribution is 2.42. The van der Waals surface area contributed by atoms with Crippen molar-refractivity contribution in [2.45, 2.75) is 88.7 Å². The Bertz CT molecular complexity index is 939. The second-order valence-corrected chi connectivity index (χ2v) is 10.8. The zero-order chi connectivity index (χ0) is 27.4. The van der Waals surface area contributed by atoms with E-state index in [-0.39, 0.29) is 36.8 Å². The van der Waals surface area contributed by atoms with Crippen molar-refractivity contribution >= 4 is 29.4 Å². The maximum absolute atomic E-state index is 13.5. The summed E-state index contributed by atoms with van der Waals surface area (Å²) in [7, 11) is 0. The summed E-state index contributed by atoms with van der Waals surface area (Å²) in [5, 5.41) is 7.90. The summed E-state index contributed by atoms with van der Waals surface area (Å²) in [5.74, 6) is -4.53. The first-order valence-corrected chi connectivity index (χ1v) is 13.5. The molecule has 4 fully saturated rings. The molecule has 0 aromatic rings.